The molecule has 0 radical (unpaired) electrons. The van der Waals surface area contributed by atoms with Crippen molar-refractivity contribution in [1.29, 1.82) is 0 Å². The lowest BCUT2D eigenvalue weighted by Gasteiger charge is -2.41. The maximum atomic E-state index is 13.5. The minimum Gasteiger partial charge on any atom is -0.478 e. The van der Waals surface area contributed by atoms with Crippen LogP contribution in [0.3, 0.4) is 0 Å². The van der Waals surface area contributed by atoms with E-state index < -0.39 is 22.3 Å². The van der Waals surface area contributed by atoms with Gasteiger partial charge in [-0.15, -0.1) is 11.8 Å². The minimum absolute atomic E-state index is 0.0649. The number of hydrogen-bond acceptors (Lipinski definition) is 8. The number of benzene rings is 4. The first kappa shape index (κ1) is 31.7. The van der Waals surface area contributed by atoms with E-state index in [9.17, 15) is 23.4 Å². The zero-order valence-electron chi connectivity index (χ0n) is 24.8. The SMILES string of the molecule is C[C@H]1[C@@H](CSc2ccc(C(=O)O)cc2)OC(c2cccc(NS(=O)(=O)c3cccc4cccnc34)c2)O[C@H]1c1ccc(CO)cc1. The monoisotopic (exact) mass is 656 g/mol. The minimum atomic E-state index is -3.97. The van der Waals surface area contributed by atoms with E-state index in [1.807, 2.05) is 42.5 Å². The second kappa shape index (κ2) is 13.6. The van der Waals surface area contributed by atoms with Crippen LogP contribution >= 0.6 is 11.8 Å². The van der Waals surface area contributed by atoms with Crippen LogP contribution in [0, 0.1) is 5.92 Å². The molecule has 236 valence electrons. The summed E-state index contributed by atoms with van der Waals surface area (Å²) in [5, 5.41) is 19.5. The molecule has 0 saturated carbocycles. The number of sulfonamides is 1. The number of para-hydroxylation sites is 1. The number of aromatic nitrogens is 1. The standard InChI is InChI=1S/C35H32N2O7S2/c1-22-30(21-45-29-16-14-26(15-17-29)34(39)40)43-35(44-33(22)25-12-10-23(20-38)11-13-25)27-6-2-8-28(19-27)37-46(41,42)31-9-3-5-24-7-4-18-36-32(24)31/h2-19,22,30,33,35,37-38H,20-21H2,1H3,(H,39,40)/t22-,30+,33+,35?/m0/s1. The number of carbonyl (C=O) groups is 1. The van der Waals surface area contributed by atoms with Crippen LogP contribution in [-0.4, -0.2) is 41.4 Å². The fourth-order valence-electron chi connectivity index (χ4n) is 5.43. The van der Waals surface area contributed by atoms with Crippen molar-refractivity contribution in [3.8, 4) is 0 Å². The summed E-state index contributed by atoms with van der Waals surface area (Å²) in [7, 11) is -3.97. The number of anilines is 1. The summed E-state index contributed by atoms with van der Waals surface area (Å²) in [6, 6.07) is 29.9. The van der Waals surface area contributed by atoms with Crippen LogP contribution in [0.15, 0.2) is 119 Å². The summed E-state index contributed by atoms with van der Waals surface area (Å²) in [6.45, 7) is 1.99. The van der Waals surface area contributed by atoms with Crippen LogP contribution in [0.2, 0.25) is 0 Å². The molecule has 0 spiro atoms. The Morgan fingerprint density at radius 2 is 1.65 bits per heavy atom. The number of aliphatic hydroxyl groups excluding tert-OH is 1. The summed E-state index contributed by atoms with van der Waals surface area (Å²) in [6.07, 6.45) is 0.136. The predicted octanol–water partition coefficient (Wildman–Crippen LogP) is 6.81. The predicted molar refractivity (Wildman–Crippen MR) is 176 cm³/mol. The zero-order valence-corrected chi connectivity index (χ0v) is 26.4. The molecule has 1 saturated heterocycles. The topological polar surface area (TPSA) is 135 Å². The van der Waals surface area contributed by atoms with Crippen molar-refractivity contribution in [3.63, 3.8) is 0 Å². The van der Waals surface area contributed by atoms with Gasteiger partial charge in [0, 0.05) is 39.4 Å². The van der Waals surface area contributed by atoms with Gasteiger partial charge < -0.3 is 19.7 Å². The number of ether oxygens (including phenoxy) is 2. The van der Waals surface area contributed by atoms with Crippen molar-refractivity contribution in [2.75, 3.05) is 10.5 Å². The van der Waals surface area contributed by atoms with Crippen LogP contribution in [0.5, 0.6) is 0 Å². The van der Waals surface area contributed by atoms with Gasteiger partial charge in [0.05, 0.1) is 29.9 Å². The van der Waals surface area contributed by atoms with E-state index in [1.54, 1.807) is 72.6 Å². The van der Waals surface area contributed by atoms with Crippen LogP contribution < -0.4 is 4.72 Å². The van der Waals surface area contributed by atoms with Gasteiger partial charge in [-0.2, -0.15) is 0 Å². The Morgan fingerprint density at radius 3 is 2.39 bits per heavy atom. The summed E-state index contributed by atoms with van der Waals surface area (Å²) < 4.78 is 42.8. The second-order valence-electron chi connectivity index (χ2n) is 11.0. The lowest BCUT2D eigenvalue weighted by Crippen LogP contribution is -2.38. The molecule has 4 atom stereocenters. The molecule has 5 aromatic rings. The number of aromatic carboxylic acids is 1. The van der Waals surface area contributed by atoms with E-state index in [2.05, 4.69) is 16.6 Å². The first-order valence-electron chi connectivity index (χ1n) is 14.6. The van der Waals surface area contributed by atoms with Crippen molar-refractivity contribution >= 4 is 44.3 Å². The van der Waals surface area contributed by atoms with Gasteiger partial charge in [0.2, 0.25) is 0 Å². The third kappa shape index (κ3) is 6.93. The maximum Gasteiger partial charge on any atom is 0.335 e. The highest BCUT2D eigenvalue weighted by molar-refractivity contribution is 7.99. The summed E-state index contributed by atoms with van der Waals surface area (Å²) in [5.74, 6) is -0.476. The molecular formula is C35H32N2O7S2. The Kier molecular flexibility index (Phi) is 9.39. The second-order valence-corrected chi connectivity index (χ2v) is 13.8. The van der Waals surface area contributed by atoms with E-state index in [0.29, 0.717) is 22.5 Å². The molecule has 0 aliphatic carbocycles. The van der Waals surface area contributed by atoms with Crippen molar-refractivity contribution < 1.29 is 32.9 Å². The number of carboxylic acids is 1. The summed E-state index contributed by atoms with van der Waals surface area (Å²) in [5.41, 5.74) is 3.32. The van der Waals surface area contributed by atoms with E-state index in [0.717, 1.165) is 21.4 Å². The molecule has 9 nitrogen and oxygen atoms in total. The van der Waals surface area contributed by atoms with Crippen LogP contribution in [0.1, 0.15) is 46.4 Å². The molecule has 1 aliphatic heterocycles. The smallest absolute Gasteiger partial charge is 0.335 e. The quantitative estimate of drug-likeness (QED) is 0.139. The fraction of sp³-hybridized carbons (Fsp3) is 0.200. The average molecular weight is 657 g/mol. The first-order valence-corrected chi connectivity index (χ1v) is 17.1. The number of rotatable bonds is 10. The molecule has 2 heterocycles. The molecule has 0 bridgehead atoms. The number of carboxylic acid groups (broad SMARTS) is 1. The fourth-order valence-corrected chi connectivity index (χ4v) is 7.73. The number of thioether (sulfide) groups is 1. The van der Waals surface area contributed by atoms with Crippen molar-refractivity contribution in [2.45, 2.75) is 41.8 Å². The van der Waals surface area contributed by atoms with Gasteiger partial charge in [-0.1, -0.05) is 61.5 Å². The van der Waals surface area contributed by atoms with Gasteiger partial charge in [0.1, 0.15) is 4.90 Å². The highest BCUT2D eigenvalue weighted by atomic mass is 32.2. The van der Waals surface area contributed by atoms with Crippen molar-refractivity contribution in [2.24, 2.45) is 5.92 Å². The highest BCUT2D eigenvalue weighted by Gasteiger charge is 2.38. The van der Waals surface area contributed by atoms with Gasteiger partial charge in [-0.25, -0.2) is 13.2 Å². The van der Waals surface area contributed by atoms with Crippen LogP contribution in [0.25, 0.3) is 10.9 Å². The number of nitrogens with zero attached hydrogens (tertiary/aromatic N) is 1. The molecular weight excluding hydrogens is 625 g/mol. The largest absolute Gasteiger partial charge is 0.478 e. The molecule has 6 rings (SSSR count). The molecule has 46 heavy (non-hydrogen) atoms. The van der Waals surface area contributed by atoms with Gasteiger partial charge in [0.25, 0.3) is 10.0 Å². The normalized spacial score (nSPS) is 20.0. The molecule has 1 aromatic heterocycles. The Morgan fingerprint density at radius 1 is 0.913 bits per heavy atom. The Labute approximate surface area is 271 Å². The van der Waals surface area contributed by atoms with Crippen LogP contribution in [-0.2, 0) is 26.1 Å². The first-order chi connectivity index (χ1) is 22.2. The molecule has 1 fully saturated rings. The average Bonchev–Trinajstić information content (AvgIpc) is 3.07. The Hall–Kier alpha value is -4.26. The van der Waals surface area contributed by atoms with Crippen molar-refractivity contribution in [3.05, 3.63) is 132 Å². The van der Waals surface area contributed by atoms with E-state index in [-0.39, 0.29) is 35.2 Å². The van der Waals surface area contributed by atoms with Crippen LogP contribution in [0.4, 0.5) is 5.69 Å². The molecule has 1 unspecified atom stereocenters. The lowest BCUT2D eigenvalue weighted by molar-refractivity contribution is -0.268. The number of nitrogens with one attached hydrogen (secondary N) is 1. The van der Waals surface area contributed by atoms with Gasteiger partial charge in [-0.3, -0.25) is 9.71 Å². The van der Waals surface area contributed by atoms with E-state index in [4.69, 9.17) is 9.47 Å². The number of fused-ring (bicyclic) bond motifs is 1. The number of pyridine rings is 1. The third-order valence-electron chi connectivity index (χ3n) is 7.94. The molecule has 11 heteroatoms. The van der Waals surface area contributed by atoms with Gasteiger partial charge >= 0.3 is 5.97 Å². The van der Waals surface area contributed by atoms with Gasteiger partial charge in [-0.05, 0) is 59.7 Å². The highest BCUT2D eigenvalue weighted by Crippen LogP contribution is 2.43. The van der Waals surface area contributed by atoms with E-state index >= 15 is 0 Å². The lowest BCUT2D eigenvalue weighted by atomic mass is 9.91. The van der Waals surface area contributed by atoms with E-state index in [1.165, 1.54) is 6.07 Å². The molecule has 0 amide bonds. The maximum absolute atomic E-state index is 13.5. The van der Waals surface area contributed by atoms with Crippen molar-refractivity contribution in [1.82, 2.24) is 4.98 Å². The Bertz CT molecular complexity index is 1950. The molecule has 3 N–H and O–H groups in total. The molecule has 4 aromatic carbocycles. The van der Waals surface area contributed by atoms with Gasteiger partial charge in [0.15, 0.2) is 6.29 Å². The number of hydrogen-bond donors (Lipinski definition) is 3. The Balaban J connectivity index is 1.27. The molecule has 1 aliphatic rings. The summed E-state index contributed by atoms with van der Waals surface area (Å²) >= 11 is 1.56. The number of aliphatic hydroxyl groups is 1. The third-order valence-corrected chi connectivity index (χ3v) is 10.4. The summed E-state index contributed by atoms with van der Waals surface area (Å²) in [4.78, 5) is 16.6. The zero-order chi connectivity index (χ0) is 32.3.